The Bertz CT molecular complexity index is 983. The molecule has 0 radical (unpaired) electrons. The van der Waals surface area contributed by atoms with Gasteiger partial charge in [0.15, 0.2) is 0 Å². The van der Waals surface area contributed by atoms with Crippen molar-refractivity contribution in [1.82, 2.24) is 15.5 Å². The maximum Gasteiger partial charge on any atom is 0.408 e. The number of carbonyl (C=O) groups excluding carboxylic acids is 4. The van der Waals surface area contributed by atoms with Gasteiger partial charge in [-0.3, -0.25) is 14.4 Å². The molecular formula is C32H53N3O6. The Hall–Kier alpha value is -3.10. The van der Waals surface area contributed by atoms with E-state index in [1.165, 1.54) is 0 Å². The summed E-state index contributed by atoms with van der Waals surface area (Å²) in [6.45, 7) is 17.6. The molecular weight excluding hydrogens is 522 g/mol. The van der Waals surface area contributed by atoms with Crippen LogP contribution in [-0.4, -0.2) is 60.1 Å². The van der Waals surface area contributed by atoms with Crippen LogP contribution in [0, 0.1) is 19.8 Å². The summed E-state index contributed by atoms with van der Waals surface area (Å²) in [5.74, 6) is -1.34. The zero-order valence-corrected chi connectivity index (χ0v) is 26.7. The maximum atomic E-state index is 14.4. The van der Waals surface area contributed by atoms with Gasteiger partial charge in [0.25, 0.3) is 0 Å². The third-order valence-corrected chi connectivity index (χ3v) is 6.74. The summed E-state index contributed by atoms with van der Waals surface area (Å²) in [5, 5.41) is 5.66. The molecule has 0 aliphatic heterocycles. The van der Waals surface area contributed by atoms with Gasteiger partial charge in [-0.2, -0.15) is 0 Å². The van der Waals surface area contributed by atoms with Crippen molar-refractivity contribution in [2.75, 3.05) is 19.7 Å². The lowest BCUT2D eigenvalue weighted by atomic mass is 9.94. The van der Waals surface area contributed by atoms with Crippen molar-refractivity contribution < 1.29 is 28.7 Å². The van der Waals surface area contributed by atoms with Crippen LogP contribution in [0.4, 0.5) is 4.79 Å². The van der Waals surface area contributed by atoms with Crippen LogP contribution in [0.2, 0.25) is 0 Å². The second-order valence-corrected chi connectivity index (χ2v) is 11.8. The van der Waals surface area contributed by atoms with E-state index < -0.39 is 29.7 Å². The number of rotatable bonds is 16. The number of esters is 1. The summed E-state index contributed by atoms with van der Waals surface area (Å²) in [4.78, 5) is 54.5. The van der Waals surface area contributed by atoms with Gasteiger partial charge < -0.3 is 25.0 Å². The van der Waals surface area contributed by atoms with Gasteiger partial charge in [-0.05, 0) is 59.4 Å². The molecule has 3 atom stereocenters. The molecule has 0 fully saturated rings. The van der Waals surface area contributed by atoms with Crippen LogP contribution in [0.3, 0.4) is 0 Å². The highest BCUT2D eigenvalue weighted by molar-refractivity contribution is 5.92. The number of aryl methyl sites for hydroxylation is 2. The summed E-state index contributed by atoms with van der Waals surface area (Å²) in [6.07, 6.45) is 3.62. The van der Waals surface area contributed by atoms with Crippen LogP contribution in [0.25, 0.3) is 0 Å². The minimum atomic E-state index is -0.947. The van der Waals surface area contributed by atoms with Crippen molar-refractivity contribution in [3.63, 3.8) is 0 Å². The van der Waals surface area contributed by atoms with Crippen LogP contribution in [-0.2, 0) is 23.9 Å². The number of benzene rings is 1. The number of alkyl carbamates (subject to hydrolysis) is 1. The Balaban J connectivity index is 3.53. The summed E-state index contributed by atoms with van der Waals surface area (Å²) in [5.41, 5.74) is 1.88. The van der Waals surface area contributed by atoms with E-state index in [4.69, 9.17) is 9.47 Å². The summed E-state index contributed by atoms with van der Waals surface area (Å²) in [6, 6.07) is 4.00. The third-order valence-electron chi connectivity index (χ3n) is 6.74. The summed E-state index contributed by atoms with van der Waals surface area (Å²) >= 11 is 0. The van der Waals surface area contributed by atoms with Gasteiger partial charge in [-0.15, -0.1) is 0 Å². The van der Waals surface area contributed by atoms with Gasteiger partial charge in [-0.1, -0.05) is 75.8 Å². The normalized spacial score (nSPS) is 13.5. The Morgan fingerprint density at radius 1 is 0.951 bits per heavy atom. The number of hydrogen-bond donors (Lipinski definition) is 2. The average Bonchev–Trinajstić information content (AvgIpc) is 2.86. The Kier molecular flexibility index (Phi) is 15.5. The molecule has 0 bridgehead atoms. The van der Waals surface area contributed by atoms with Crippen molar-refractivity contribution in [2.45, 2.75) is 119 Å². The molecule has 0 spiro atoms. The smallest absolute Gasteiger partial charge is 0.408 e. The van der Waals surface area contributed by atoms with E-state index >= 15 is 0 Å². The molecule has 0 saturated carbocycles. The predicted octanol–water partition coefficient (Wildman–Crippen LogP) is 5.76. The van der Waals surface area contributed by atoms with Crippen LogP contribution < -0.4 is 10.6 Å². The zero-order chi connectivity index (χ0) is 31.2. The lowest BCUT2D eigenvalue weighted by Crippen LogP contribution is -2.55. The van der Waals surface area contributed by atoms with Crippen molar-refractivity contribution >= 4 is 23.9 Å². The number of nitrogens with one attached hydrogen (secondary N) is 2. The van der Waals surface area contributed by atoms with Crippen LogP contribution in [0.1, 0.15) is 110 Å². The fourth-order valence-corrected chi connectivity index (χ4v) is 4.63. The Morgan fingerprint density at radius 3 is 2.12 bits per heavy atom. The highest BCUT2D eigenvalue weighted by Gasteiger charge is 2.38. The molecule has 232 valence electrons. The van der Waals surface area contributed by atoms with E-state index in [0.29, 0.717) is 24.9 Å². The molecule has 0 heterocycles. The first-order valence-corrected chi connectivity index (χ1v) is 15.0. The van der Waals surface area contributed by atoms with E-state index in [0.717, 1.165) is 30.4 Å². The highest BCUT2D eigenvalue weighted by atomic mass is 16.6. The second kappa shape index (κ2) is 17.7. The zero-order valence-electron chi connectivity index (χ0n) is 26.7. The van der Waals surface area contributed by atoms with E-state index in [9.17, 15) is 19.2 Å². The minimum absolute atomic E-state index is 0.0271. The van der Waals surface area contributed by atoms with E-state index in [1.54, 1.807) is 32.6 Å². The number of hydrogen-bond acceptors (Lipinski definition) is 6. The van der Waals surface area contributed by atoms with E-state index in [2.05, 4.69) is 17.6 Å². The topological polar surface area (TPSA) is 114 Å². The van der Waals surface area contributed by atoms with Crippen LogP contribution >= 0.6 is 0 Å². The predicted molar refractivity (Wildman–Crippen MR) is 161 cm³/mol. The van der Waals surface area contributed by atoms with Crippen molar-refractivity contribution in [3.05, 3.63) is 34.9 Å². The Morgan fingerprint density at radius 2 is 1.59 bits per heavy atom. The molecule has 0 aliphatic rings. The van der Waals surface area contributed by atoms with Crippen LogP contribution in [0.5, 0.6) is 0 Å². The first-order valence-electron chi connectivity index (χ1n) is 15.0. The molecule has 9 heteroatoms. The lowest BCUT2D eigenvalue weighted by Gasteiger charge is -2.36. The van der Waals surface area contributed by atoms with Crippen molar-refractivity contribution in [3.8, 4) is 0 Å². The Labute approximate surface area is 247 Å². The molecule has 3 amide bonds. The number of unbranched alkanes of at least 4 members (excludes halogenated alkanes) is 3. The monoisotopic (exact) mass is 575 g/mol. The molecule has 2 N–H and O–H groups in total. The van der Waals surface area contributed by atoms with Crippen molar-refractivity contribution in [1.29, 1.82) is 0 Å². The van der Waals surface area contributed by atoms with Crippen molar-refractivity contribution in [2.24, 2.45) is 5.92 Å². The van der Waals surface area contributed by atoms with Gasteiger partial charge >= 0.3 is 12.1 Å². The number of ether oxygens (including phenoxy) is 2. The second-order valence-electron chi connectivity index (χ2n) is 11.8. The largest absolute Gasteiger partial charge is 0.466 e. The quantitative estimate of drug-likeness (QED) is 0.191. The molecule has 9 nitrogen and oxygen atoms in total. The molecule has 41 heavy (non-hydrogen) atoms. The molecule has 0 aliphatic carbocycles. The number of amides is 3. The molecule has 1 aromatic carbocycles. The molecule has 1 aromatic rings. The molecule has 3 unspecified atom stereocenters. The maximum absolute atomic E-state index is 14.4. The summed E-state index contributed by atoms with van der Waals surface area (Å²) in [7, 11) is 0. The first kappa shape index (κ1) is 35.9. The minimum Gasteiger partial charge on any atom is -0.466 e. The van der Waals surface area contributed by atoms with Gasteiger partial charge in [0, 0.05) is 13.1 Å². The first-order chi connectivity index (χ1) is 19.2. The van der Waals surface area contributed by atoms with Gasteiger partial charge in [-0.25, -0.2) is 4.79 Å². The van der Waals surface area contributed by atoms with Gasteiger partial charge in [0.2, 0.25) is 11.8 Å². The highest BCUT2D eigenvalue weighted by Crippen LogP contribution is 2.27. The third kappa shape index (κ3) is 13.0. The standard InChI is InChI=1S/C32H53N3O6/c1-10-13-14-15-18-35(30(38)27(24(6)11-2)34-31(39)41-32(7,8)9)28(25-20-22(4)19-23(5)21-25)29(37)33-17-16-26(36)40-12-3/h19-21,24,27-28H,10-18H2,1-9H3,(H,33,37)(H,34,39). The molecule has 1 rings (SSSR count). The van der Waals surface area contributed by atoms with Gasteiger partial charge in [0.05, 0.1) is 13.0 Å². The lowest BCUT2D eigenvalue weighted by molar-refractivity contribution is -0.145. The fraction of sp³-hybridized carbons (Fsp3) is 0.688. The molecule has 0 aromatic heterocycles. The SMILES string of the molecule is CCCCCCN(C(=O)C(NC(=O)OC(C)(C)C)C(C)CC)C(C(=O)NCCC(=O)OCC)c1cc(C)cc(C)c1. The van der Waals surface area contributed by atoms with Crippen LogP contribution in [0.15, 0.2) is 18.2 Å². The average molecular weight is 576 g/mol. The number of nitrogens with zero attached hydrogens (tertiary/aromatic N) is 1. The van der Waals surface area contributed by atoms with Gasteiger partial charge in [0.1, 0.15) is 17.7 Å². The number of carbonyl (C=O) groups is 4. The van der Waals surface area contributed by atoms with E-state index in [-0.39, 0.29) is 37.3 Å². The van der Waals surface area contributed by atoms with E-state index in [1.807, 2.05) is 45.9 Å². The molecule has 0 saturated heterocycles. The summed E-state index contributed by atoms with van der Waals surface area (Å²) < 4.78 is 10.5. The fourth-order valence-electron chi connectivity index (χ4n) is 4.63.